The normalized spacial score (nSPS) is 20.7. The first-order valence-electron chi connectivity index (χ1n) is 7.84. The highest BCUT2D eigenvalue weighted by Crippen LogP contribution is 2.22. The highest BCUT2D eigenvalue weighted by atomic mass is 79.9. The van der Waals surface area contributed by atoms with Gasteiger partial charge in [0, 0.05) is 28.5 Å². The number of unbranched alkanes of at least 4 members (excludes halogenated alkanes) is 2. The molecule has 2 atom stereocenters. The van der Waals surface area contributed by atoms with Gasteiger partial charge in [0.1, 0.15) is 0 Å². The van der Waals surface area contributed by atoms with Crippen molar-refractivity contribution in [2.75, 3.05) is 13.2 Å². The van der Waals surface area contributed by atoms with E-state index in [1.54, 1.807) is 0 Å². The maximum Gasteiger partial charge on any atom is 0.363 e. The fraction of sp³-hybridized carbons (Fsp3) is 0.875. The van der Waals surface area contributed by atoms with Gasteiger partial charge in [0.2, 0.25) is 0 Å². The summed E-state index contributed by atoms with van der Waals surface area (Å²) in [6.07, 6.45) is 7.77. The van der Waals surface area contributed by atoms with Gasteiger partial charge in [-0.25, -0.2) is 0 Å². The van der Waals surface area contributed by atoms with E-state index in [9.17, 15) is 8.78 Å². The Morgan fingerprint density at radius 1 is 1.33 bits per heavy atom. The van der Waals surface area contributed by atoms with Gasteiger partial charge in [-0.05, 0) is 38.0 Å². The summed E-state index contributed by atoms with van der Waals surface area (Å²) in [5.41, 5.74) is 0. The van der Waals surface area contributed by atoms with Crippen LogP contribution in [0.5, 0.6) is 0 Å². The second kappa shape index (κ2) is 10.5. The van der Waals surface area contributed by atoms with Crippen LogP contribution in [0.3, 0.4) is 0 Å². The van der Waals surface area contributed by atoms with Crippen LogP contribution in [0, 0.1) is 17.8 Å². The number of hydrogen-bond acceptors (Lipinski definition) is 2. The first kappa shape index (κ1) is 18.9. The molecule has 2 nitrogen and oxygen atoms in total. The molecule has 0 aromatic heterocycles. The summed E-state index contributed by atoms with van der Waals surface area (Å²) in [5.74, 6) is 4.63. The molecule has 21 heavy (non-hydrogen) atoms. The standard InChI is InChI=1S/C16H25BrF2O2/c1-2-3-4-7-14(9-11-16(17,18)19)10-13-21-15-8-5-6-12-20-15/h14-15H,2-8,10,12-13H2,1H3. The Kier molecular flexibility index (Phi) is 9.46. The van der Waals surface area contributed by atoms with Crippen molar-refractivity contribution in [2.45, 2.75) is 69.4 Å². The van der Waals surface area contributed by atoms with E-state index in [-0.39, 0.29) is 12.2 Å². The summed E-state index contributed by atoms with van der Waals surface area (Å²) in [6, 6.07) is 0. The third kappa shape index (κ3) is 10.2. The number of ether oxygens (including phenoxy) is 2. The molecular formula is C16H25BrF2O2. The average Bonchev–Trinajstić information content (AvgIpc) is 2.44. The third-order valence-electron chi connectivity index (χ3n) is 3.48. The molecule has 0 radical (unpaired) electrons. The van der Waals surface area contributed by atoms with Gasteiger partial charge in [0.15, 0.2) is 6.29 Å². The van der Waals surface area contributed by atoms with Crippen LogP contribution in [0.2, 0.25) is 0 Å². The minimum Gasteiger partial charge on any atom is -0.353 e. The van der Waals surface area contributed by atoms with E-state index < -0.39 is 4.83 Å². The second-order valence-electron chi connectivity index (χ2n) is 5.42. The maximum atomic E-state index is 12.8. The predicted molar refractivity (Wildman–Crippen MR) is 83.4 cm³/mol. The van der Waals surface area contributed by atoms with Crippen molar-refractivity contribution in [3.05, 3.63) is 0 Å². The Morgan fingerprint density at radius 3 is 2.76 bits per heavy atom. The summed E-state index contributed by atoms with van der Waals surface area (Å²) in [6.45, 7) is 3.39. The summed E-state index contributed by atoms with van der Waals surface area (Å²) < 4.78 is 36.7. The molecule has 1 saturated heterocycles. The van der Waals surface area contributed by atoms with Crippen molar-refractivity contribution >= 4 is 15.9 Å². The molecule has 1 fully saturated rings. The molecule has 0 aromatic rings. The number of alkyl halides is 3. The molecule has 122 valence electrons. The fourth-order valence-corrected chi connectivity index (χ4v) is 2.41. The van der Waals surface area contributed by atoms with Gasteiger partial charge >= 0.3 is 4.83 Å². The van der Waals surface area contributed by atoms with Crippen molar-refractivity contribution in [1.29, 1.82) is 0 Å². The third-order valence-corrected chi connectivity index (χ3v) is 3.68. The minimum atomic E-state index is -3.09. The highest BCUT2D eigenvalue weighted by molar-refractivity contribution is 9.10. The largest absolute Gasteiger partial charge is 0.363 e. The van der Waals surface area contributed by atoms with Gasteiger partial charge in [-0.2, -0.15) is 8.78 Å². The molecule has 0 saturated carbocycles. The quantitative estimate of drug-likeness (QED) is 0.337. The molecule has 1 aliphatic rings. The Morgan fingerprint density at radius 2 is 2.14 bits per heavy atom. The van der Waals surface area contributed by atoms with Crippen molar-refractivity contribution in [2.24, 2.45) is 5.92 Å². The molecular weight excluding hydrogens is 342 g/mol. The van der Waals surface area contributed by atoms with Crippen LogP contribution in [-0.2, 0) is 9.47 Å². The SMILES string of the molecule is CCCCCC(C#CC(F)(F)Br)CCOC1CCCCO1. The summed E-state index contributed by atoms with van der Waals surface area (Å²) >= 11 is 2.26. The highest BCUT2D eigenvalue weighted by Gasteiger charge is 2.20. The van der Waals surface area contributed by atoms with Crippen molar-refractivity contribution in [3.8, 4) is 11.8 Å². The number of hydrogen-bond donors (Lipinski definition) is 0. The van der Waals surface area contributed by atoms with Crippen LogP contribution in [-0.4, -0.2) is 24.3 Å². The zero-order valence-electron chi connectivity index (χ0n) is 12.7. The van der Waals surface area contributed by atoms with Crippen LogP contribution in [0.1, 0.15) is 58.3 Å². The lowest BCUT2D eigenvalue weighted by molar-refractivity contribution is -0.163. The van der Waals surface area contributed by atoms with Crippen molar-refractivity contribution < 1.29 is 18.3 Å². The van der Waals surface area contributed by atoms with Gasteiger partial charge in [-0.1, -0.05) is 32.1 Å². The minimum absolute atomic E-state index is 0.0384. The lowest BCUT2D eigenvalue weighted by atomic mass is 9.99. The molecule has 0 amide bonds. The van der Waals surface area contributed by atoms with Gasteiger partial charge in [0.25, 0.3) is 0 Å². The number of rotatable bonds is 8. The molecule has 1 rings (SSSR count). The molecule has 0 aromatic carbocycles. The van der Waals surface area contributed by atoms with Crippen molar-refractivity contribution in [1.82, 2.24) is 0 Å². The van der Waals surface area contributed by atoms with Crippen LogP contribution in [0.25, 0.3) is 0 Å². The van der Waals surface area contributed by atoms with E-state index in [0.717, 1.165) is 51.6 Å². The average molecular weight is 367 g/mol. The van der Waals surface area contributed by atoms with Crippen molar-refractivity contribution in [3.63, 3.8) is 0 Å². The second-order valence-corrected chi connectivity index (χ2v) is 6.41. The Labute approximate surface area is 135 Å². The van der Waals surface area contributed by atoms with Crippen LogP contribution >= 0.6 is 15.9 Å². The molecule has 0 N–H and O–H groups in total. The van der Waals surface area contributed by atoms with Crippen LogP contribution in [0.4, 0.5) is 8.78 Å². The smallest absolute Gasteiger partial charge is 0.353 e. The summed E-state index contributed by atoms with van der Waals surface area (Å²) in [5, 5.41) is 0. The Balaban J connectivity index is 2.34. The van der Waals surface area contributed by atoms with Crippen LogP contribution < -0.4 is 0 Å². The lowest BCUT2D eigenvalue weighted by Crippen LogP contribution is -2.23. The van der Waals surface area contributed by atoms with Gasteiger partial charge in [-0.3, -0.25) is 0 Å². The first-order chi connectivity index (χ1) is 10.0. The molecule has 0 bridgehead atoms. The molecule has 1 aliphatic heterocycles. The van der Waals surface area contributed by atoms with Gasteiger partial charge in [0.05, 0.1) is 6.61 Å². The summed E-state index contributed by atoms with van der Waals surface area (Å²) in [7, 11) is 0. The van der Waals surface area contributed by atoms with E-state index in [2.05, 4.69) is 28.8 Å². The van der Waals surface area contributed by atoms with E-state index >= 15 is 0 Å². The summed E-state index contributed by atoms with van der Waals surface area (Å²) in [4.78, 5) is -3.09. The molecule has 1 heterocycles. The van der Waals surface area contributed by atoms with E-state index in [0.29, 0.717) is 13.0 Å². The predicted octanol–water partition coefficient (Wildman–Crippen LogP) is 5.11. The monoisotopic (exact) mass is 366 g/mol. The molecule has 5 heteroatoms. The maximum absolute atomic E-state index is 12.8. The number of halogens is 3. The van der Waals surface area contributed by atoms with Crippen LogP contribution in [0.15, 0.2) is 0 Å². The zero-order chi connectivity index (χ0) is 15.6. The Bertz CT molecular complexity index is 327. The van der Waals surface area contributed by atoms with Gasteiger partial charge < -0.3 is 9.47 Å². The van der Waals surface area contributed by atoms with E-state index in [4.69, 9.17) is 9.47 Å². The van der Waals surface area contributed by atoms with E-state index in [1.807, 2.05) is 5.92 Å². The zero-order valence-corrected chi connectivity index (χ0v) is 14.3. The molecule has 2 unspecified atom stereocenters. The molecule has 0 aliphatic carbocycles. The van der Waals surface area contributed by atoms with Gasteiger partial charge in [-0.15, -0.1) is 0 Å². The molecule has 0 spiro atoms. The topological polar surface area (TPSA) is 18.5 Å². The fourth-order valence-electron chi connectivity index (χ4n) is 2.30. The Hall–Kier alpha value is -0.180. The van der Waals surface area contributed by atoms with E-state index in [1.165, 1.54) is 0 Å². The lowest BCUT2D eigenvalue weighted by Gasteiger charge is -2.23. The first-order valence-corrected chi connectivity index (χ1v) is 8.63.